The molecule has 2 atom stereocenters. The van der Waals surface area contributed by atoms with Crippen molar-refractivity contribution in [3.63, 3.8) is 0 Å². The molecule has 2 unspecified atom stereocenters. The average Bonchev–Trinajstić information content (AvgIpc) is 3.11. The Hall–Kier alpha value is -2.44. The van der Waals surface area contributed by atoms with E-state index in [0.717, 1.165) is 30.8 Å². The summed E-state index contributed by atoms with van der Waals surface area (Å²) in [4.78, 5) is 18.8. The monoisotopic (exact) mass is 338 g/mol. The molecule has 6 nitrogen and oxygen atoms in total. The minimum atomic E-state index is -0.189. The van der Waals surface area contributed by atoms with Crippen molar-refractivity contribution in [1.82, 2.24) is 20.7 Å². The van der Waals surface area contributed by atoms with Gasteiger partial charge >= 0.3 is 0 Å². The molecule has 4 rings (SSSR count). The van der Waals surface area contributed by atoms with Crippen LogP contribution in [0.4, 0.5) is 0 Å². The number of hydrogen-bond donors (Lipinski definition) is 2. The fourth-order valence-electron chi connectivity index (χ4n) is 3.50. The van der Waals surface area contributed by atoms with Crippen molar-refractivity contribution in [2.45, 2.75) is 24.4 Å². The van der Waals surface area contributed by atoms with E-state index in [1.54, 1.807) is 13.3 Å². The Labute approximate surface area is 147 Å². The molecule has 0 saturated carbocycles. The van der Waals surface area contributed by atoms with Crippen molar-refractivity contribution in [3.05, 3.63) is 59.9 Å². The van der Waals surface area contributed by atoms with Crippen molar-refractivity contribution >= 4 is 5.91 Å². The number of nitrogens with one attached hydrogen (secondary N) is 2. The summed E-state index contributed by atoms with van der Waals surface area (Å²) in [5.41, 5.74) is 8.72. The number of nitrogens with zero attached hydrogens (tertiary/aromatic N) is 2. The second-order valence-electron chi connectivity index (χ2n) is 6.63. The van der Waals surface area contributed by atoms with E-state index in [4.69, 9.17) is 4.74 Å². The zero-order valence-electron chi connectivity index (χ0n) is 14.2. The molecule has 0 spiro atoms. The van der Waals surface area contributed by atoms with Crippen LogP contribution >= 0.6 is 0 Å². The summed E-state index contributed by atoms with van der Waals surface area (Å²) in [6, 6.07) is 11.9. The van der Waals surface area contributed by atoms with Gasteiger partial charge in [-0.25, -0.2) is 10.9 Å². The summed E-state index contributed by atoms with van der Waals surface area (Å²) in [5, 5.41) is 0. The summed E-state index contributed by atoms with van der Waals surface area (Å²) in [7, 11) is 1.66. The van der Waals surface area contributed by atoms with Crippen LogP contribution in [0.3, 0.4) is 0 Å². The molecule has 130 valence electrons. The van der Waals surface area contributed by atoms with Crippen LogP contribution in [-0.4, -0.2) is 42.0 Å². The fraction of sp³-hybridized carbons (Fsp3) is 0.368. The Morgan fingerprint density at radius 2 is 2.04 bits per heavy atom. The zero-order chi connectivity index (χ0) is 17.2. The molecule has 2 saturated heterocycles. The van der Waals surface area contributed by atoms with Crippen LogP contribution in [0.5, 0.6) is 5.75 Å². The van der Waals surface area contributed by atoms with Crippen LogP contribution in [0.2, 0.25) is 0 Å². The lowest BCUT2D eigenvalue weighted by molar-refractivity contribution is -0.137. The number of benzene rings is 1. The maximum atomic E-state index is 12.7. The van der Waals surface area contributed by atoms with Gasteiger partial charge in [-0.1, -0.05) is 18.2 Å². The van der Waals surface area contributed by atoms with E-state index in [1.807, 2.05) is 35.4 Å². The lowest BCUT2D eigenvalue weighted by Gasteiger charge is -2.40. The topological polar surface area (TPSA) is 66.5 Å². The van der Waals surface area contributed by atoms with Gasteiger partial charge in [-0.2, -0.15) is 0 Å². The van der Waals surface area contributed by atoms with Gasteiger partial charge in [0.2, 0.25) is 5.91 Å². The van der Waals surface area contributed by atoms with Crippen LogP contribution in [0.25, 0.3) is 0 Å². The highest BCUT2D eigenvalue weighted by Crippen LogP contribution is 2.30. The second kappa shape index (κ2) is 6.82. The normalized spacial score (nSPS) is 23.3. The highest BCUT2D eigenvalue weighted by atomic mass is 16.5. The van der Waals surface area contributed by atoms with E-state index in [1.165, 1.54) is 5.56 Å². The average molecular weight is 338 g/mol. The minimum Gasteiger partial charge on any atom is -0.497 e. The number of hydrazine groups is 1. The molecular weight excluding hydrogens is 316 g/mol. The molecule has 0 bridgehead atoms. The van der Waals surface area contributed by atoms with E-state index in [2.05, 4.69) is 28.0 Å². The summed E-state index contributed by atoms with van der Waals surface area (Å²) in [5.74, 6) is 1.40. The molecule has 0 aliphatic carbocycles. The van der Waals surface area contributed by atoms with Crippen molar-refractivity contribution in [2.75, 3.05) is 20.2 Å². The highest BCUT2D eigenvalue weighted by Gasteiger charge is 2.38. The van der Waals surface area contributed by atoms with E-state index in [9.17, 15) is 4.79 Å². The van der Waals surface area contributed by atoms with Crippen molar-refractivity contribution in [3.8, 4) is 5.75 Å². The minimum absolute atomic E-state index is 0.111. The van der Waals surface area contributed by atoms with Crippen LogP contribution < -0.4 is 15.6 Å². The van der Waals surface area contributed by atoms with E-state index in [-0.39, 0.29) is 18.0 Å². The Bertz CT molecular complexity index is 746. The predicted molar refractivity (Wildman–Crippen MR) is 94.0 cm³/mol. The molecule has 3 heterocycles. The van der Waals surface area contributed by atoms with Crippen LogP contribution in [0.15, 0.2) is 48.8 Å². The quantitative estimate of drug-likeness (QED) is 0.887. The number of likely N-dealkylation sites (tertiary alicyclic amines) is 1. The zero-order valence-corrected chi connectivity index (χ0v) is 14.2. The van der Waals surface area contributed by atoms with Gasteiger partial charge in [0.15, 0.2) is 0 Å². The molecule has 2 aromatic rings. The third-order valence-electron chi connectivity index (χ3n) is 5.05. The van der Waals surface area contributed by atoms with Gasteiger partial charge in [0.1, 0.15) is 11.8 Å². The summed E-state index contributed by atoms with van der Waals surface area (Å²) < 4.78 is 5.28. The van der Waals surface area contributed by atoms with Gasteiger partial charge in [0, 0.05) is 37.4 Å². The van der Waals surface area contributed by atoms with Crippen molar-refractivity contribution in [2.24, 2.45) is 0 Å². The predicted octanol–water partition coefficient (Wildman–Crippen LogP) is 1.62. The number of hydrogen-bond acceptors (Lipinski definition) is 5. The molecule has 6 heteroatoms. The lowest BCUT2D eigenvalue weighted by atomic mass is 9.91. The molecule has 2 aliphatic rings. The number of ether oxygens (including phenoxy) is 1. The highest BCUT2D eigenvalue weighted by molar-refractivity contribution is 5.83. The SMILES string of the molecule is COc1cccc(C2CC(C(=O)N3CC(c4cccnc4)C3)NN2)c1. The molecule has 0 radical (unpaired) electrons. The maximum absolute atomic E-state index is 12.7. The van der Waals surface area contributed by atoms with Gasteiger partial charge in [0.05, 0.1) is 7.11 Å². The van der Waals surface area contributed by atoms with Crippen LogP contribution in [-0.2, 0) is 4.79 Å². The standard InChI is InChI=1S/C19H22N4O2/c1-25-16-6-2-4-13(8-16)17-9-18(22-21-17)19(24)23-11-15(12-23)14-5-3-7-20-10-14/h2-8,10,15,17-18,21-22H,9,11-12H2,1H3. The van der Waals surface area contributed by atoms with Gasteiger partial charge in [-0.3, -0.25) is 9.78 Å². The van der Waals surface area contributed by atoms with Gasteiger partial charge < -0.3 is 9.64 Å². The Balaban J connectivity index is 1.34. The first-order valence-corrected chi connectivity index (χ1v) is 8.58. The molecular formula is C19H22N4O2. The van der Waals surface area contributed by atoms with E-state index in [0.29, 0.717) is 5.92 Å². The van der Waals surface area contributed by atoms with Gasteiger partial charge in [0.25, 0.3) is 0 Å². The maximum Gasteiger partial charge on any atom is 0.241 e. The Kier molecular flexibility index (Phi) is 4.38. The largest absolute Gasteiger partial charge is 0.497 e. The lowest BCUT2D eigenvalue weighted by Crippen LogP contribution is -2.54. The van der Waals surface area contributed by atoms with E-state index < -0.39 is 0 Å². The Morgan fingerprint density at radius 1 is 1.20 bits per heavy atom. The first-order valence-electron chi connectivity index (χ1n) is 8.58. The number of amides is 1. The van der Waals surface area contributed by atoms with Gasteiger partial charge in [-0.15, -0.1) is 0 Å². The molecule has 2 fully saturated rings. The smallest absolute Gasteiger partial charge is 0.241 e. The number of carbonyl (C=O) groups excluding carboxylic acids is 1. The van der Waals surface area contributed by atoms with Crippen molar-refractivity contribution in [1.29, 1.82) is 0 Å². The molecule has 2 N–H and O–H groups in total. The Morgan fingerprint density at radius 3 is 2.80 bits per heavy atom. The molecule has 1 amide bonds. The van der Waals surface area contributed by atoms with Crippen LogP contribution in [0, 0.1) is 0 Å². The number of carbonyl (C=O) groups is 1. The number of pyridine rings is 1. The summed E-state index contributed by atoms with van der Waals surface area (Å²) in [6.45, 7) is 1.54. The third kappa shape index (κ3) is 3.23. The molecule has 1 aromatic heterocycles. The molecule has 2 aliphatic heterocycles. The first kappa shape index (κ1) is 16.1. The summed E-state index contributed by atoms with van der Waals surface area (Å²) >= 11 is 0. The van der Waals surface area contributed by atoms with Gasteiger partial charge in [-0.05, 0) is 35.7 Å². The van der Waals surface area contributed by atoms with Crippen molar-refractivity contribution < 1.29 is 9.53 Å². The molecule has 25 heavy (non-hydrogen) atoms. The third-order valence-corrected chi connectivity index (χ3v) is 5.05. The molecule has 1 aromatic carbocycles. The van der Waals surface area contributed by atoms with E-state index >= 15 is 0 Å². The number of rotatable bonds is 4. The first-order chi connectivity index (χ1) is 12.2. The summed E-state index contributed by atoms with van der Waals surface area (Å²) in [6.07, 6.45) is 4.40. The fourth-order valence-corrected chi connectivity index (χ4v) is 3.50. The number of aromatic nitrogens is 1. The number of methoxy groups -OCH3 is 1. The van der Waals surface area contributed by atoms with Crippen LogP contribution in [0.1, 0.15) is 29.5 Å². The second-order valence-corrected chi connectivity index (χ2v) is 6.63.